The zero-order valence-corrected chi connectivity index (χ0v) is 24.9. The van der Waals surface area contributed by atoms with Crippen molar-refractivity contribution in [3.63, 3.8) is 0 Å². The van der Waals surface area contributed by atoms with E-state index in [0.717, 1.165) is 66.0 Å². The number of ether oxygens (including phenoxy) is 1. The van der Waals surface area contributed by atoms with Gasteiger partial charge in [0.15, 0.2) is 11.5 Å². The summed E-state index contributed by atoms with van der Waals surface area (Å²) in [6.45, 7) is 6.38. The van der Waals surface area contributed by atoms with Gasteiger partial charge in [0.05, 0.1) is 17.2 Å². The first kappa shape index (κ1) is 29.2. The van der Waals surface area contributed by atoms with Gasteiger partial charge in [-0.3, -0.25) is 10.3 Å². The zero-order chi connectivity index (χ0) is 29.2. The van der Waals surface area contributed by atoms with E-state index in [-0.39, 0.29) is 10.7 Å². The number of Topliss-reactive ketones (excluding diaryl/α,β-unsaturated/α-hetero) is 1. The van der Waals surface area contributed by atoms with E-state index in [1.807, 2.05) is 24.3 Å². The molecule has 0 amide bonds. The number of aryl methyl sites for hydroxylation is 2. The monoisotopic (exact) mass is 578 g/mol. The predicted molar refractivity (Wildman–Crippen MR) is 157 cm³/mol. The van der Waals surface area contributed by atoms with Gasteiger partial charge in [-0.05, 0) is 67.9 Å². The molecule has 0 spiro atoms. The van der Waals surface area contributed by atoms with Gasteiger partial charge in [-0.15, -0.1) is 0 Å². The summed E-state index contributed by atoms with van der Waals surface area (Å²) in [5.74, 6) is 1.10. The van der Waals surface area contributed by atoms with Gasteiger partial charge in [0, 0.05) is 38.3 Å². The third kappa shape index (κ3) is 5.88. The predicted octanol–water partition coefficient (Wildman–Crippen LogP) is 5.04. The maximum absolute atomic E-state index is 13.7. The number of hydroxylamine groups is 1. The fourth-order valence-electron chi connectivity index (χ4n) is 5.58. The number of carbonyl (C=O) groups is 1. The molecule has 0 radical (unpaired) electrons. The Morgan fingerprint density at radius 2 is 1.93 bits per heavy atom. The normalized spacial score (nSPS) is 19.0. The largest absolute Gasteiger partial charge is 0.380 e. The highest BCUT2D eigenvalue weighted by molar-refractivity contribution is 7.89. The molecule has 9 nitrogen and oxygen atoms in total. The van der Waals surface area contributed by atoms with Crippen LogP contribution in [0.2, 0.25) is 0 Å². The molecule has 2 N–H and O–H groups in total. The van der Waals surface area contributed by atoms with Gasteiger partial charge in [-0.25, -0.2) is 18.2 Å². The van der Waals surface area contributed by atoms with E-state index in [0.29, 0.717) is 30.7 Å². The van der Waals surface area contributed by atoms with E-state index in [4.69, 9.17) is 14.6 Å². The first-order valence-corrected chi connectivity index (χ1v) is 15.6. The molecular formula is C31H38N4O5S. The van der Waals surface area contributed by atoms with Crippen LogP contribution < -0.4 is 10.2 Å². The van der Waals surface area contributed by atoms with Crippen molar-refractivity contribution >= 4 is 15.8 Å². The van der Waals surface area contributed by atoms with Crippen molar-refractivity contribution in [2.24, 2.45) is 0 Å². The summed E-state index contributed by atoms with van der Waals surface area (Å²) >= 11 is 0. The van der Waals surface area contributed by atoms with E-state index in [1.54, 1.807) is 45.4 Å². The topological polar surface area (TPSA) is 112 Å². The second-order valence-electron chi connectivity index (χ2n) is 10.9. The van der Waals surface area contributed by atoms with Gasteiger partial charge in [0.25, 0.3) is 0 Å². The third-order valence-electron chi connectivity index (χ3n) is 7.82. The minimum Gasteiger partial charge on any atom is -0.380 e. The molecule has 1 aliphatic heterocycles. The SMILES string of the molecule is CCCc1nc2c(n1Cc1ccc(-c3ccccc3S(=O)(=O)NC3(C)ONC=C3C)c(COC)c1)C(=O)CCCC2. The molecule has 0 fully saturated rings. The van der Waals surface area contributed by atoms with E-state index < -0.39 is 15.7 Å². The number of ketones is 1. The van der Waals surface area contributed by atoms with Crippen LogP contribution in [0.5, 0.6) is 0 Å². The smallest absolute Gasteiger partial charge is 0.243 e. The number of rotatable bonds is 10. The minimum atomic E-state index is -3.98. The lowest BCUT2D eigenvalue weighted by molar-refractivity contribution is -0.0370. The standard InChI is InChI=1S/C31H38N4O5S/c1-5-10-29-33-26-12-7-8-13-27(36)30(26)35(29)19-22-15-16-24(23(17-22)20-39-4)25-11-6-9-14-28(25)41(37,38)34-31(3)21(2)18-32-40-31/h6,9,11,14-18,32,34H,5,7-8,10,12-13,19-20H2,1-4H3. The highest BCUT2D eigenvalue weighted by Gasteiger charge is 2.38. The lowest BCUT2D eigenvalue weighted by atomic mass is 9.97. The quantitative estimate of drug-likeness (QED) is 0.324. The molecule has 1 aliphatic carbocycles. The Kier molecular flexibility index (Phi) is 8.47. The Labute approximate surface area is 242 Å². The van der Waals surface area contributed by atoms with Crippen LogP contribution in [-0.4, -0.2) is 36.6 Å². The fourth-order valence-corrected chi connectivity index (χ4v) is 7.13. The van der Waals surface area contributed by atoms with Crippen LogP contribution in [0.4, 0.5) is 0 Å². The number of hydrogen-bond acceptors (Lipinski definition) is 7. The second kappa shape index (κ2) is 11.9. The molecule has 41 heavy (non-hydrogen) atoms. The molecule has 218 valence electrons. The zero-order valence-electron chi connectivity index (χ0n) is 24.1. The van der Waals surface area contributed by atoms with Crippen LogP contribution in [0.15, 0.2) is 59.1 Å². The first-order valence-electron chi connectivity index (χ1n) is 14.1. The molecule has 2 aromatic carbocycles. The first-order chi connectivity index (χ1) is 19.7. The number of sulfonamides is 1. The summed E-state index contributed by atoms with van der Waals surface area (Å²) in [5, 5.41) is 0. The maximum atomic E-state index is 13.7. The Morgan fingerprint density at radius 3 is 2.66 bits per heavy atom. The Hall–Kier alpha value is -3.31. The maximum Gasteiger partial charge on any atom is 0.243 e. The van der Waals surface area contributed by atoms with Crippen LogP contribution in [0.3, 0.4) is 0 Å². The molecule has 2 heterocycles. The average Bonchev–Trinajstić information content (AvgIpc) is 3.37. The second-order valence-corrected chi connectivity index (χ2v) is 12.5. The minimum absolute atomic E-state index is 0.144. The van der Waals surface area contributed by atoms with Crippen molar-refractivity contribution in [1.82, 2.24) is 19.8 Å². The van der Waals surface area contributed by atoms with Crippen LogP contribution in [0.1, 0.15) is 79.6 Å². The van der Waals surface area contributed by atoms with Crippen molar-refractivity contribution in [3.05, 3.63) is 82.6 Å². The number of aromatic nitrogens is 2. The van der Waals surface area contributed by atoms with E-state index in [9.17, 15) is 13.2 Å². The number of fused-ring (bicyclic) bond motifs is 1. The number of benzene rings is 2. The van der Waals surface area contributed by atoms with Gasteiger partial charge in [-0.2, -0.15) is 4.72 Å². The average molecular weight is 579 g/mol. The lowest BCUT2D eigenvalue weighted by Crippen LogP contribution is -2.48. The summed E-state index contributed by atoms with van der Waals surface area (Å²) in [7, 11) is -2.36. The van der Waals surface area contributed by atoms with Crippen molar-refractivity contribution in [3.8, 4) is 11.1 Å². The van der Waals surface area contributed by atoms with Gasteiger partial charge < -0.3 is 9.30 Å². The van der Waals surface area contributed by atoms with Gasteiger partial charge >= 0.3 is 0 Å². The molecular weight excluding hydrogens is 540 g/mol. The van der Waals surface area contributed by atoms with E-state index >= 15 is 0 Å². The summed E-state index contributed by atoms with van der Waals surface area (Å²) in [4.78, 5) is 23.6. The molecule has 1 unspecified atom stereocenters. The Balaban J connectivity index is 1.53. The van der Waals surface area contributed by atoms with Crippen LogP contribution >= 0.6 is 0 Å². The Morgan fingerprint density at radius 1 is 1.15 bits per heavy atom. The van der Waals surface area contributed by atoms with E-state index in [2.05, 4.69) is 21.7 Å². The highest BCUT2D eigenvalue weighted by atomic mass is 32.2. The van der Waals surface area contributed by atoms with Crippen molar-refractivity contribution < 1.29 is 22.8 Å². The summed E-state index contributed by atoms with van der Waals surface area (Å²) in [6, 6.07) is 12.9. The molecule has 1 aromatic heterocycles. The van der Waals surface area contributed by atoms with Gasteiger partial charge in [0.1, 0.15) is 11.5 Å². The number of imidazole rings is 1. The summed E-state index contributed by atoms with van der Waals surface area (Å²) in [5.41, 5.74) is 6.96. The molecule has 0 saturated carbocycles. The molecule has 10 heteroatoms. The summed E-state index contributed by atoms with van der Waals surface area (Å²) in [6.07, 6.45) is 6.60. The lowest BCUT2D eigenvalue weighted by Gasteiger charge is -2.26. The molecule has 3 aromatic rings. The third-order valence-corrected chi connectivity index (χ3v) is 9.41. The molecule has 0 bridgehead atoms. The number of carbonyl (C=O) groups excluding carboxylic acids is 1. The van der Waals surface area contributed by atoms with E-state index in [1.165, 1.54) is 0 Å². The number of hydrogen-bond donors (Lipinski definition) is 2. The van der Waals surface area contributed by atoms with Gasteiger partial charge in [0.2, 0.25) is 10.0 Å². The van der Waals surface area contributed by atoms with Crippen molar-refractivity contribution in [2.75, 3.05) is 7.11 Å². The molecule has 2 aliphatic rings. The highest BCUT2D eigenvalue weighted by Crippen LogP contribution is 2.34. The molecule has 1 atom stereocenters. The summed E-state index contributed by atoms with van der Waals surface area (Å²) < 4.78 is 37.7. The van der Waals surface area contributed by atoms with Crippen LogP contribution in [0, 0.1) is 0 Å². The van der Waals surface area contributed by atoms with Crippen molar-refractivity contribution in [1.29, 1.82) is 0 Å². The number of methoxy groups -OCH3 is 1. The van der Waals surface area contributed by atoms with Crippen LogP contribution in [0.25, 0.3) is 11.1 Å². The molecule has 0 saturated heterocycles. The van der Waals surface area contributed by atoms with Crippen molar-refractivity contribution in [2.45, 2.75) is 83.1 Å². The Bertz CT molecular complexity index is 1590. The molecule has 5 rings (SSSR count). The fraction of sp³-hybridized carbons (Fsp3) is 0.419. The number of nitrogens with one attached hydrogen (secondary N) is 2. The number of nitrogens with zero attached hydrogens (tertiary/aromatic N) is 2. The van der Waals surface area contributed by atoms with Crippen LogP contribution in [-0.2, 0) is 45.6 Å². The van der Waals surface area contributed by atoms with Gasteiger partial charge in [-0.1, -0.05) is 43.3 Å².